The summed E-state index contributed by atoms with van der Waals surface area (Å²) >= 11 is 0. The van der Waals surface area contributed by atoms with Crippen molar-refractivity contribution in [3.05, 3.63) is 24.2 Å². The van der Waals surface area contributed by atoms with Gasteiger partial charge in [-0.05, 0) is 12.1 Å². The lowest BCUT2D eigenvalue weighted by atomic mass is 10.1. The fraction of sp³-hybridized carbons (Fsp3) is 0.444. The number of rotatable bonds is 4. The Morgan fingerprint density at radius 1 is 1.64 bits per heavy atom. The SMILES string of the molecule is CC(=O)NCC(O)C(O)c1ccco1. The fourth-order valence-corrected chi connectivity index (χ4v) is 1.01. The molecule has 2 atom stereocenters. The van der Waals surface area contributed by atoms with E-state index in [4.69, 9.17) is 4.42 Å². The fourth-order valence-electron chi connectivity index (χ4n) is 1.01. The van der Waals surface area contributed by atoms with Gasteiger partial charge in [0, 0.05) is 13.5 Å². The predicted molar refractivity (Wildman–Crippen MR) is 48.4 cm³/mol. The molecule has 0 saturated carbocycles. The third kappa shape index (κ3) is 2.86. The van der Waals surface area contributed by atoms with E-state index in [1.54, 1.807) is 12.1 Å². The lowest BCUT2D eigenvalue weighted by Crippen LogP contribution is -2.34. The maximum absolute atomic E-state index is 10.5. The molecule has 5 nitrogen and oxygen atoms in total. The van der Waals surface area contributed by atoms with Crippen LogP contribution in [0.5, 0.6) is 0 Å². The van der Waals surface area contributed by atoms with E-state index in [1.807, 2.05) is 0 Å². The number of aliphatic hydroxyl groups is 2. The quantitative estimate of drug-likeness (QED) is 0.627. The molecule has 0 aromatic carbocycles. The van der Waals surface area contributed by atoms with Crippen LogP contribution in [0.15, 0.2) is 22.8 Å². The monoisotopic (exact) mass is 199 g/mol. The first-order valence-corrected chi connectivity index (χ1v) is 4.25. The summed E-state index contributed by atoms with van der Waals surface area (Å²) < 4.78 is 4.90. The molecule has 0 aliphatic rings. The maximum atomic E-state index is 10.5. The minimum atomic E-state index is -1.11. The predicted octanol–water partition coefficient (Wildman–Crippen LogP) is -0.190. The number of nitrogens with one attached hydrogen (secondary N) is 1. The highest BCUT2D eigenvalue weighted by Gasteiger charge is 2.20. The van der Waals surface area contributed by atoms with Crippen LogP contribution in [-0.4, -0.2) is 28.8 Å². The summed E-state index contributed by atoms with van der Waals surface area (Å²) in [7, 11) is 0. The molecular weight excluding hydrogens is 186 g/mol. The lowest BCUT2D eigenvalue weighted by molar-refractivity contribution is -0.119. The van der Waals surface area contributed by atoms with Gasteiger partial charge >= 0.3 is 0 Å². The maximum Gasteiger partial charge on any atom is 0.216 e. The first kappa shape index (κ1) is 10.7. The average Bonchev–Trinajstić information content (AvgIpc) is 2.65. The topological polar surface area (TPSA) is 82.7 Å². The molecule has 5 heteroatoms. The molecule has 1 rings (SSSR count). The van der Waals surface area contributed by atoms with E-state index in [0.29, 0.717) is 0 Å². The highest BCUT2D eigenvalue weighted by Crippen LogP contribution is 2.16. The van der Waals surface area contributed by atoms with Crippen molar-refractivity contribution >= 4 is 5.91 Å². The van der Waals surface area contributed by atoms with Gasteiger partial charge in [0.05, 0.1) is 6.26 Å². The zero-order valence-corrected chi connectivity index (χ0v) is 7.80. The van der Waals surface area contributed by atoms with Gasteiger partial charge < -0.3 is 19.9 Å². The van der Waals surface area contributed by atoms with Crippen molar-refractivity contribution in [2.24, 2.45) is 0 Å². The van der Waals surface area contributed by atoms with Gasteiger partial charge in [0.15, 0.2) is 0 Å². The number of hydrogen-bond acceptors (Lipinski definition) is 4. The summed E-state index contributed by atoms with van der Waals surface area (Å²) in [6.07, 6.45) is -0.772. The molecule has 1 amide bonds. The van der Waals surface area contributed by atoms with Crippen LogP contribution in [0.4, 0.5) is 0 Å². The molecule has 0 bridgehead atoms. The minimum Gasteiger partial charge on any atom is -0.466 e. The van der Waals surface area contributed by atoms with E-state index in [9.17, 15) is 15.0 Å². The Hall–Kier alpha value is -1.33. The molecule has 1 aromatic rings. The summed E-state index contributed by atoms with van der Waals surface area (Å²) in [6.45, 7) is 1.34. The van der Waals surface area contributed by atoms with Gasteiger partial charge in [0.25, 0.3) is 0 Å². The zero-order valence-electron chi connectivity index (χ0n) is 7.80. The van der Waals surface area contributed by atoms with Gasteiger partial charge in [-0.2, -0.15) is 0 Å². The van der Waals surface area contributed by atoms with E-state index < -0.39 is 12.2 Å². The molecule has 0 fully saturated rings. The molecule has 0 aliphatic carbocycles. The molecule has 3 N–H and O–H groups in total. The Balaban J connectivity index is 2.44. The average molecular weight is 199 g/mol. The second-order valence-electron chi connectivity index (χ2n) is 2.96. The lowest BCUT2D eigenvalue weighted by Gasteiger charge is -2.15. The van der Waals surface area contributed by atoms with Crippen molar-refractivity contribution in [3.8, 4) is 0 Å². The summed E-state index contributed by atoms with van der Waals surface area (Å²) in [5.41, 5.74) is 0. The number of aliphatic hydroxyl groups excluding tert-OH is 2. The van der Waals surface area contributed by atoms with Crippen LogP contribution >= 0.6 is 0 Å². The van der Waals surface area contributed by atoms with Crippen molar-refractivity contribution in [1.82, 2.24) is 5.32 Å². The smallest absolute Gasteiger partial charge is 0.216 e. The Morgan fingerprint density at radius 3 is 2.86 bits per heavy atom. The Labute approximate surface area is 81.4 Å². The van der Waals surface area contributed by atoms with Crippen LogP contribution in [0, 0.1) is 0 Å². The molecule has 78 valence electrons. The summed E-state index contributed by atoms with van der Waals surface area (Å²) in [6, 6.07) is 3.17. The van der Waals surface area contributed by atoms with Crippen LogP contribution in [0.1, 0.15) is 18.8 Å². The number of carbonyl (C=O) groups is 1. The molecule has 1 heterocycles. The van der Waals surface area contributed by atoms with Crippen LogP contribution in [0.25, 0.3) is 0 Å². The van der Waals surface area contributed by atoms with Crippen LogP contribution in [0.3, 0.4) is 0 Å². The van der Waals surface area contributed by atoms with Crippen LogP contribution in [-0.2, 0) is 4.79 Å². The molecule has 0 radical (unpaired) electrons. The van der Waals surface area contributed by atoms with E-state index in [-0.39, 0.29) is 18.2 Å². The van der Waals surface area contributed by atoms with Crippen molar-refractivity contribution < 1.29 is 19.4 Å². The number of furan rings is 1. The first-order valence-electron chi connectivity index (χ1n) is 4.25. The van der Waals surface area contributed by atoms with Crippen molar-refractivity contribution in [2.75, 3.05) is 6.54 Å². The normalized spacial score (nSPS) is 14.8. The molecular formula is C9H13NO4. The van der Waals surface area contributed by atoms with Gasteiger partial charge in [-0.3, -0.25) is 4.79 Å². The second-order valence-corrected chi connectivity index (χ2v) is 2.96. The van der Waals surface area contributed by atoms with E-state index in [0.717, 1.165) is 0 Å². The second kappa shape index (κ2) is 4.78. The van der Waals surface area contributed by atoms with E-state index in [2.05, 4.69) is 5.32 Å². The number of amides is 1. The Bertz CT molecular complexity index is 283. The summed E-state index contributed by atoms with van der Waals surface area (Å²) in [4.78, 5) is 10.5. The number of hydrogen-bond donors (Lipinski definition) is 3. The van der Waals surface area contributed by atoms with Crippen molar-refractivity contribution in [2.45, 2.75) is 19.1 Å². The molecule has 1 aromatic heterocycles. The molecule has 0 spiro atoms. The molecule has 0 saturated heterocycles. The van der Waals surface area contributed by atoms with Gasteiger partial charge in [0.2, 0.25) is 5.91 Å². The third-order valence-corrected chi connectivity index (χ3v) is 1.76. The first-order chi connectivity index (χ1) is 6.61. The minimum absolute atomic E-state index is 0.00278. The number of carbonyl (C=O) groups excluding carboxylic acids is 1. The van der Waals surface area contributed by atoms with Gasteiger partial charge in [-0.15, -0.1) is 0 Å². The summed E-state index contributed by atoms with van der Waals surface area (Å²) in [5.74, 6) is 0.0264. The summed E-state index contributed by atoms with van der Waals surface area (Å²) in [5, 5.41) is 21.3. The van der Waals surface area contributed by atoms with Crippen molar-refractivity contribution in [3.63, 3.8) is 0 Å². The largest absolute Gasteiger partial charge is 0.466 e. The van der Waals surface area contributed by atoms with Gasteiger partial charge in [-0.1, -0.05) is 0 Å². The Morgan fingerprint density at radius 2 is 2.36 bits per heavy atom. The third-order valence-electron chi connectivity index (χ3n) is 1.76. The van der Waals surface area contributed by atoms with E-state index in [1.165, 1.54) is 13.2 Å². The van der Waals surface area contributed by atoms with Crippen LogP contribution < -0.4 is 5.32 Å². The standard InChI is InChI=1S/C9H13NO4/c1-6(11)10-5-7(12)9(13)8-3-2-4-14-8/h2-4,7,9,12-13H,5H2,1H3,(H,10,11). The molecule has 0 aliphatic heterocycles. The molecule has 14 heavy (non-hydrogen) atoms. The van der Waals surface area contributed by atoms with Crippen LogP contribution in [0.2, 0.25) is 0 Å². The molecule has 2 unspecified atom stereocenters. The van der Waals surface area contributed by atoms with Gasteiger partial charge in [0.1, 0.15) is 18.0 Å². The Kier molecular flexibility index (Phi) is 3.67. The van der Waals surface area contributed by atoms with Crippen molar-refractivity contribution in [1.29, 1.82) is 0 Å². The zero-order chi connectivity index (χ0) is 10.6. The highest BCUT2D eigenvalue weighted by atomic mass is 16.4. The highest BCUT2D eigenvalue weighted by molar-refractivity contribution is 5.72. The van der Waals surface area contributed by atoms with E-state index >= 15 is 0 Å². The van der Waals surface area contributed by atoms with Gasteiger partial charge in [-0.25, -0.2) is 0 Å².